The number of carbonyl (C=O) groups is 1. The zero-order valence-electron chi connectivity index (χ0n) is 13.8. The zero-order chi connectivity index (χ0) is 15.9. The van der Waals surface area contributed by atoms with E-state index in [2.05, 4.69) is 24.5 Å². The number of amides is 1. The minimum absolute atomic E-state index is 0.0393. The molecule has 0 aromatic heterocycles. The fourth-order valence-corrected chi connectivity index (χ4v) is 1.82. The van der Waals surface area contributed by atoms with Crippen LogP contribution in [0.1, 0.15) is 46.6 Å². The average molecular weight is 292 g/mol. The third-order valence-corrected chi connectivity index (χ3v) is 3.10. The summed E-state index contributed by atoms with van der Waals surface area (Å²) >= 11 is 0. The molecule has 0 radical (unpaired) electrons. The van der Waals surface area contributed by atoms with Crippen LogP contribution >= 0.6 is 0 Å². The molecule has 0 bridgehead atoms. The van der Waals surface area contributed by atoms with Gasteiger partial charge in [0.2, 0.25) is 0 Å². The summed E-state index contributed by atoms with van der Waals surface area (Å²) in [5.41, 5.74) is 0.833. The number of ether oxygens (including phenoxy) is 1. The van der Waals surface area contributed by atoms with Gasteiger partial charge in [0.25, 0.3) is 5.91 Å². The molecule has 1 atom stereocenters. The molecule has 21 heavy (non-hydrogen) atoms. The Labute approximate surface area is 128 Å². The van der Waals surface area contributed by atoms with Gasteiger partial charge in [0.15, 0.2) is 6.61 Å². The summed E-state index contributed by atoms with van der Waals surface area (Å²) in [4.78, 5) is 11.8. The first-order chi connectivity index (χ1) is 9.81. The highest BCUT2D eigenvalue weighted by molar-refractivity contribution is 5.78. The first-order valence-corrected chi connectivity index (χ1v) is 7.57. The van der Waals surface area contributed by atoms with Gasteiger partial charge in [-0.25, -0.2) is 0 Å². The maximum absolute atomic E-state index is 11.8. The molecule has 0 heterocycles. The van der Waals surface area contributed by atoms with Crippen LogP contribution in [0.2, 0.25) is 0 Å². The number of hydrogen-bond acceptors (Lipinski definition) is 3. The van der Waals surface area contributed by atoms with Gasteiger partial charge >= 0.3 is 0 Å². The Hall–Kier alpha value is -1.55. The van der Waals surface area contributed by atoms with Crippen molar-refractivity contribution in [2.24, 2.45) is 0 Å². The van der Waals surface area contributed by atoms with Gasteiger partial charge in [-0.1, -0.05) is 25.1 Å². The monoisotopic (exact) mass is 292 g/mol. The summed E-state index contributed by atoms with van der Waals surface area (Å²) in [5, 5.41) is 6.32. The van der Waals surface area contributed by atoms with Crippen LogP contribution in [0.25, 0.3) is 0 Å². The van der Waals surface area contributed by atoms with Gasteiger partial charge in [-0.05, 0) is 40.2 Å². The lowest BCUT2D eigenvalue weighted by Gasteiger charge is -2.21. The molecule has 4 heteroatoms. The maximum atomic E-state index is 11.8. The topological polar surface area (TPSA) is 50.4 Å². The molecule has 118 valence electrons. The Bertz CT molecular complexity index is 452. The lowest BCUT2D eigenvalue weighted by molar-refractivity contribution is -0.124. The SMILES string of the molecule is CCC(C)NCc1ccccc1OCC(=O)NC(C)(C)C. The molecule has 0 fully saturated rings. The Balaban J connectivity index is 2.57. The van der Waals surface area contributed by atoms with Crippen molar-refractivity contribution >= 4 is 5.91 Å². The van der Waals surface area contributed by atoms with Gasteiger partial charge in [0, 0.05) is 23.7 Å². The van der Waals surface area contributed by atoms with Crippen molar-refractivity contribution in [2.75, 3.05) is 6.61 Å². The number of nitrogens with one attached hydrogen (secondary N) is 2. The Morgan fingerprint density at radius 3 is 2.57 bits per heavy atom. The maximum Gasteiger partial charge on any atom is 0.258 e. The lowest BCUT2D eigenvalue weighted by atomic mass is 10.1. The minimum atomic E-state index is -0.238. The second kappa shape index (κ2) is 8.03. The van der Waals surface area contributed by atoms with E-state index in [-0.39, 0.29) is 18.1 Å². The summed E-state index contributed by atoms with van der Waals surface area (Å²) in [5.74, 6) is 0.657. The van der Waals surface area contributed by atoms with Crippen LogP contribution in [0.4, 0.5) is 0 Å². The molecule has 0 saturated heterocycles. The Morgan fingerprint density at radius 2 is 1.95 bits per heavy atom. The van der Waals surface area contributed by atoms with E-state index >= 15 is 0 Å². The predicted octanol–water partition coefficient (Wildman–Crippen LogP) is 2.87. The van der Waals surface area contributed by atoms with Crippen LogP contribution in [0, 0.1) is 0 Å². The fraction of sp³-hybridized carbons (Fsp3) is 0.588. The Kier molecular flexibility index (Phi) is 6.69. The molecule has 1 rings (SSSR count). The molecule has 2 N–H and O–H groups in total. The molecule has 0 aliphatic rings. The quantitative estimate of drug-likeness (QED) is 0.812. The van der Waals surface area contributed by atoms with E-state index in [9.17, 15) is 4.79 Å². The lowest BCUT2D eigenvalue weighted by Crippen LogP contribution is -2.43. The van der Waals surface area contributed by atoms with Gasteiger partial charge in [-0.3, -0.25) is 4.79 Å². The van der Waals surface area contributed by atoms with Crippen molar-refractivity contribution in [3.63, 3.8) is 0 Å². The van der Waals surface area contributed by atoms with Crippen LogP contribution in [0.3, 0.4) is 0 Å². The molecule has 1 aromatic rings. The van der Waals surface area contributed by atoms with Crippen molar-refractivity contribution in [1.82, 2.24) is 10.6 Å². The van der Waals surface area contributed by atoms with Crippen molar-refractivity contribution < 1.29 is 9.53 Å². The summed E-state index contributed by atoms with van der Waals surface area (Å²) in [6.45, 7) is 10.9. The van der Waals surface area contributed by atoms with E-state index in [1.807, 2.05) is 45.0 Å². The van der Waals surface area contributed by atoms with Crippen LogP contribution in [0.5, 0.6) is 5.75 Å². The first kappa shape index (κ1) is 17.5. The van der Waals surface area contributed by atoms with Gasteiger partial charge in [0.05, 0.1) is 0 Å². The summed E-state index contributed by atoms with van der Waals surface area (Å²) in [7, 11) is 0. The molecule has 0 aliphatic heterocycles. The second-order valence-corrected chi connectivity index (χ2v) is 6.38. The number of para-hydroxylation sites is 1. The average Bonchev–Trinajstić information content (AvgIpc) is 2.41. The minimum Gasteiger partial charge on any atom is -0.483 e. The highest BCUT2D eigenvalue weighted by Gasteiger charge is 2.14. The standard InChI is InChI=1S/C17H28N2O2/c1-6-13(2)18-11-14-9-7-8-10-15(14)21-12-16(20)19-17(3,4)5/h7-10,13,18H,6,11-12H2,1-5H3,(H,19,20). The van der Waals surface area contributed by atoms with Gasteiger partial charge in [-0.15, -0.1) is 0 Å². The van der Waals surface area contributed by atoms with Gasteiger partial charge < -0.3 is 15.4 Å². The first-order valence-electron chi connectivity index (χ1n) is 7.57. The molecule has 0 spiro atoms. The van der Waals surface area contributed by atoms with E-state index in [0.717, 1.165) is 24.3 Å². The number of rotatable bonds is 7. The highest BCUT2D eigenvalue weighted by atomic mass is 16.5. The third-order valence-electron chi connectivity index (χ3n) is 3.10. The van der Waals surface area contributed by atoms with Crippen molar-refractivity contribution in [3.05, 3.63) is 29.8 Å². The molecular weight excluding hydrogens is 264 g/mol. The van der Waals surface area contributed by atoms with Crippen molar-refractivity contribution in [1.29, 1.82) is 0 Å². The zero-order valence-corrected chi connectivity index (χ0v) is 13.8. The van der Waals surface area contributed by atoms with Crippen LogP contribution in [0.15, 0.2) is 24.3 Å². The van der Waals surface area contributed by atoms with Crippen molar-refractivity contribution in [2.45, 2.75) is 59.2 Å². The van der Waals surface area contributed by atoms with E-state index in [4.69, 9.17) is 4.74 Å². The Morgan fingerprint density at radius 1 is 1.29 bits per heavy atom. The van der Waals surface area contributed by atoms with E-state index in [0.29, 0.717) is 6.04 Å². The van der Waals surface area contributed by atoms with Crippen LogP contribution < -0.4 is 15.4 Å². The summed E-state index contributed by atoms with van der Waals surface area (Å²) in [6, 6.07) is 8.28. The normalized spacial score (nSPS) is 12.8. The smallest absolute Gasteiger partial charge is 0.258 e. The van der Waals surface area contributed by atoms with Gasteiger partial charge in [-0.2, -0.15) is 0 Å². The molecule has 1 aromatic carbocycles. The number of carbonyl (C=O) groups excluding carboxylic acids is 1. The third kappa shape index (κ3) is 7.14. The highest BCUT2D eigenvalue weighted by Crippen LogP contribution is 2.18. The predicted molar refractivity (Wildman–Crippen MR) is 86.4 cm³/mol. The van der Waals surface area contributed by atoms with E-state index in [1.165, 1.54) is 0 Å². The fourth-order valence-electron chi connectivity index (χ4n) is 1.82. The summed E-state index contributed by atoms with van der Waals surface area (Å²) in [6.07, 6.45) is 1.08. The molecule has 1 amide bonds. The molecular formula is C17H28N2O2. The molecule has 0 aliphatic carbocycles. The van der Waals surface area contributed by atoms with E-state index < -0.39 is 0 Å². The summed E-state index contributed by atoms with van der Waals surface area (Å²) < 4.78 is 5.66. The molecule has 0 saturated carbocycles. The molecule has 1 unspecified atom stereocenters. The van der Waals surface area contributed by atoms with Gasteiger partial charge in [0.1, 0.15) is 5.75 Å². The number of hydrogen-bond donors (Lipinski definition) is 2. The van der Waals surface area contributed by atoms with E-state index in [1.54, 1.807) is 0 Å². The number of benzene rings is 1. The largest absolute Gasteiger partial charge is 0.483 e. The van der Waals surface area contributed by atoms with Crippen LogP contribution in [-0.2, 0) is 11.3 Å². The second-order valence-electron chi connectivity index (χ2n) is 6.38. The van der Waals surface area contributed by atoms with Crippen molar-refractivity contribution in [3.8, 4) is 5.75 Å². The van der Waals surface area contributed by atoms with Crippen LogP contribution in [-0.4, -0.2) is 24.1 Å². The molecule has 4 nitrogen and oxygen atoms in total.